The molecule has 0 N–H and O–H groups in total. The van der Waals surface area contributed by atoms with E-state index in [2.05, 4.69) is 0 Å². The molecule has 1 nitrogen and oxygen atoms in total. The number of fused-ring (bicyclic) bond motifs is 1. The SMILES string of the molecule is O=C1C(F)=C(F)C2(F)C(F)=C(F)C12F. The first-order valence-corrected chi connectivity index (χ1v) is 3.34. The van der Waals surface area contributed by atoms with Gasteiger partial charge >= 0.3 is 0 Å². The quantitative estimate of drug-likeness (QED) is 0.565. The van der Waals surface area contributed by atoms with Gasteiger partial charge in [-0.3, -0.25) is 4.79 Å². The van der Waals surface area contributed by atoms with Gasteiger partial charge in [0.2, 0.25) is 11.6 Å². The zero-order chi connectivity index (χ0) is 10.9. The summed E-state index contributed by atoms with van der Waals surface area (Å²) in [7, 11) is 0. The Morgan fingerprint density at radius 1 is 0.786 bits per heavy atom. The molecular weight excluding hydrogens is 214 g/mol. The van der Waals surface area contributed by atoms with Gasteiger partial charge in [-0.1, -0.05) is 0 Å². The number of alkyl halides is 2. The van der Waals surface area contributed by atoms with Crippen molar-refractivity contribution in [2.24, 2.45) is 0 Å². The molecule has 0 aromatic carbocycles. The Bertz CT molecular complexity index is 424. The predicted octanol–water partition coefficient (Wildman–Crippen LogP) is 2.30. The van der Waals surface area contributed by atoms with E-state index in [9.17, 15) is 31.1 Å². The zero-order valence-electron chi connectivity index (χ0n) is 6.18. The molecule has 2 aliphatic carbocycles. The summed E-state index contributed by atoms with van der Waals surface area (Å²) in [5, 5.41) is 0. The number of carbonyl (C=O) groups is 1. The molecule has 14 heavy (non-hydrogen) atoms. The van der Waals surface area contributed by atoms with E-state index in [1.807, 2.05) is 0 Å². The Kier molecular flexibility index (Phi) is 1.35. The molecule has 7 heteroatoms. The summed E-state index contributed by atoms with van der Waals surface area (Å²) >= 11 is 0. The molecule has 0 heterocycles. The topological polar surface area (TPSA) is 17.1 Å². The molecule has 0 fully saturated rings. The average Bonchev–Trinajstić information content (AvgIpc) is 2.30. The monoisotopic (exact) mass is 214 g/mol. The number of allylic oxidation sites excluding steroid dienone is 4. The second kappa shape index (κ2) is 2.04. The van der Waals surface area contributed by atoms with Crippen molar-refractivity contribution in [2.75, 3.05) is 0 Å². The molecule has 2 unspecified atom stereocenters. The number of halogens is 6. The van der Waals surface area contributed by atoms with Crippen LogP contribution >= 0.6 is 0 Å². The summed E-state index contributed by atoms with van der Waals surface area (Å²) < 4.78 is 75.9. The number of hydrogen-bond donors (Lipinski definition) is 0. The summed E-state index contributed by atoms with van der Waals surface area (Å²) in [6.45, 7) is 0. The minimum Gasteiger partial charge on any atom is -0.287 e. The van der Waals surface area contributed by atoms with Gasteiger partial charge in [-0.15, -0.1) is 0 Å². The first-order chi connectivity index (χ1) is 6.29. The molecular formula is C7F6O. The Morgan fingerprint density at radius 2 is 1.21 bits per heavy atom. The van der Waals surface area contributed by atoms with Crippen LogP contribution in [0.15, 0.2) is 23.3 Å². The second-order valence-corrected chi connectivity index (χ2v) is 2.90. The molecule has 0 saturated carbocycles. The van der Waals surface area contributed by atoms with E-state index in [1.54, 1.807) is 0 Å². The molecule has 76 valence electrons. The third-order valence-corrected chi connectivity index (χ3v) is 2.28. The first-order valence-electron chi connectivity index (χ1n) is 3.34. The van der Waals surface area contributed by atoms with E-state index in [-0.39, 0.29) is 0 Å². The molecule has 0 aromatic rings. The fraction of sp³-hybridized carbons (Fsp3) is 0.286. The van der Waals surface area contributed by atoms with Crippen molar-refractivity contribution in [1.29, 1.82) is 0 Å². The molecule has 0 radical (unpaired) electrons. The van der Waals surface area contributed by atoms with E-state index in [4.69, 9.17) is 0 Å². The highest BCUT2D eigenvalue weighted by Crippen LogP contribution is 2.63. The van der Waals surface area contributed by atoms with Gasteiger partial charge in [-0.25, -0.2) is 22.0 Å². The van der Waals surface area contributed by atoms with Gasteiger partial charge < -0.3 is 0 Å². The summed E-state index contributed by atoms with van der Waals surface area (Å²) in [6.07, 6.45) is 0. The minimum atomic E-state index is -4.24. The lowest BCUT2D eigenvalue weighted by Crippen LogP contribution is -2.58. The highest BCUT2D eigenvalue weighted by Gasteiger charge is 2.82. The fourth-order valence-electron chi connectivity index (χ4n) is 1.45. The van der Waals surface area contributed by atoms with Crippen LogP contribution < -0.4 is 0 Å². The van der Waals surface area contributed by atoms with Gasteiger partial charge in [-0.05, 0) is 0 Å². The lowest BCUT2D eigenvalue weighted by molar-refractivity contribution is -0.136. The van der Waals surface area contributed by atoms with Gasteiger partial charge in [0.15, 0.2) is 17.5 Å². The summed E-state index contributed by atoms with van der Waals surface area (Å²) in [5.74, 6) is -12.2. The van der Waals surface area contributed by atoms with Crippen molar-refractivity contribution in [3.8, 4) is 0 Å². The lowest BCUT2D eigenvalue weighted by atomic mass is 9.75. The van der Waals surface area contributed by atoms with Crippen LogP contribution in [0, 0.1) is 0 Å². The molecule has 2 rings (SSSR count). The van der Waals surface area contributed by atoms with Crippen LogP contribution in [-0.2, 0) is 4.79 Å². The van der Waals surface area contributed by atoms with Crippen molar-refractivity contribution < 1.29 is 31.1 Å². The number of hydrogen-bond acceptors (Lipinski definition) is 1. The highest BCUT2D eigenvalue weighted by molar-refractivity contribution is 6.10. The van der Waals surface area contributed by atoms with Crippen molar-refractivity contribution in [3.05, 3.63) is 23.3 Å². The largest absolute Gasteiger partial charge is 0.287 e. The van der Waals surface area contributed by atoms with Gasteiger partial charge in [-0.2, -0.15) is 4.39 Å². The Morgan fingerprint density at radius 3 is 1.64 bits per heavy atom. The Hall–Kier alpha value is -1.27. The van der Waals surface area contributed by atoms with Crippen LogP contribution in [0.2, 0.25) is 0 Å². The van der Waals surface area contributed by atoms with Gasteiger partial charge in [0.1, 0.15) is 0 Å². The molecule has 0 spiro atoms. The molecule has 0 aromatic heterocycles. The second-order valence-electron chi connectivity index (χ2n) is 2.90. The van der Waals surface area contributed by atoms with Crippen LogP contribution in [0.5, 0.6) is 0 Å². The Labute approximate surface area is 72.7 Å². The van der Waals surface area contributed by atoms with E-state index in [1.165, 1.54) is 0 Å². The fourth-order valence-corrected chi connectivity index (χ4v) is 1.45. The zero-order valence-corrected chi connectivity index (χ0v) is 6.18. The first kappa shape index (κ1) is 9.29. The summed E-state index contributed by atoms with van der Waals surface area (Å²) in [6, 6.07) is 0. The molecule has 0 amide bonds. The maximum Gasteiger partial charge on any atom is 0.276 e. The number of ketones is 1. The van der Waals surface area contributed by atoms with E-state index < -0.39 is 40.4 Å². The van der Waals surface area contributed by atoms with Crippen LogP contribution in [0.4, 0.5) is 26.3 Å². The molecule has 0 aliphatic heterocycles. The maximum absolute atomic E-state index is 13.1. The highest BCUT2D eigenvalue weighted by atomic mass is 19.2. The van der Waals surface area contributed by atoms with E-state index >= 15 is 0 Å². The standard InChI is InChI=1S/C7F6O/c8-1-2(9)6(12)3(10)4(11)7(6,13)5(1)14. The van der Waals surface area contributed by atoms with Crippen LogP contribution in [-0.4, -0.2) is 17.1 Å². The van der Waals surface area contributed by atoms with Crippen LogP contribution in [0.25, 0.3) is 0 Å². The number of Topliss-reactive ketones (excluding diaryl/α,β-unsaturated/α-hetero) is 1. The smallest absolute Gasteiger partial charge is 0.276 e. The molecule has 2 aliphatic rings. The molecule has 0 saturated heterocycles. The molecule has 0 bridgehead atoms. The van der Waals surface area contributed by atoms with Crippen LogP contribution in [0.1, 0.15) is 0 Å². The van der Waals surface area contributed by atoms with E-state index in [0.717, 1.165) is 0 Å². The predicted molar refractivity (Wildman–Crippen MR) is 31.2 cm³/mol. The summed E-state index contributed by atoms with van der Waals surface area (Å²) in [4.78, 5) is 10.5. The van der Waals surface area contributed by atoms with Crippen molar-refractivity contribution in [3.63, 3.8) is 0 Å². The Balaban J connectivity index is 2.73. The van der Waals surface area contributed by atoms with Gasteiger partial charge in [0.25, 0.3) is 11.3 Å². The minimum absolute atomic E-state index is 2.36. The van der Waals surface area contributed by atoms with Crippen molar-refractivity contribution >= 4 is 5.78 Å². The van der Waals surface area contributed by atoms with E-state index in [0.29, 0.717) is 0 Å². The third kappa shape index (κ3) is 0.531. The van der Waals surface area contributed by atoms with Crippen molar-refractivity contribution in [2.45, 2.75) is 11.3 Å². The van der Waals surface area contributed by atoms with Gasteiger partial charge in [0, 0.05) is 0 Å². The van der Waals surface area contributed by atoms with Crippen molar-refractivity contribution in [1.82, 2.24) is 0 Å². The van der Waals surface area contributed by atoms with Crippen LogP contribution in [0.3, 0.4) is 0 Å². The van der Waals surface area contributed by atoms with Gasteiger partial charge in [0.05, 0.1) is 0 Å². The average molecular weight is 214 g/mol. The number of rotatable bonds is 0. The maximum atomic E-state index is 13.1. The normalized spacial score (nSPS) is 41.7. The summed E-state index contributed by atoms with van der Waals surface area (Å²) in [5.41, 5.74) is -8.43. The molecule has 2 atom stereocenters. The lowest BCUT2D eigenvalue weighted by Gasteiger charge is -2.37. The third-order valence-electron chi connectivity index (χ3n) is 2.28. The number of carbonyl (C=O) groups excluding carboxylic acids is 1.